The van der Waals surface area contributed by atoms with E-state index in [2.05, 4.69) is 6.07 Å². The molecule has 0 radical (unpaired) electrons. The first-order chi connectivity index (χ1) is 7.74. The number of rotatable bonds is 9. The maximum atomic E-state index is 11.0. The highest BCUT2D eigenvalue weighted by atomic mass is 31.1. The molecule has 0 aliphatic heterocycles. The molecule has 0 aromatic heterocycles. The van der Waals surface area contributed by atoms with Crippen LogP contribution < -0.4 is 0 Å². The summed E-state index contributed by atoms with van der Waals surface area (Å²) in [5.41, 5.74) is 0. The summed E-state index contributed by atoms with van der Waals surface area (Å²) in [5, 5.41) is 17.1. The van der Waals surface area contributed by atoms with Crippen LogP contribution in [0, 0.1) is 28.6 Å². The fraction of sp³-hybridized carbons (Fsp3) is 0.800. The number of unbranched alkanes of at least 4 members (excludes halogenated alkanes) is 1. The Morgan fingerprint density at radius 2 is 2.06 bits per heavy atom. The molecular formula is C10H16N2O3P+. The van der Waals surface area contributed by atoms with Gasteiger partial charge in [-0.05, 0) is 26.2 Å². The zero-order valence-electron chi connectivity index (χ0n) is 9.39. The molecule has 0 fully saturated rings. The largest absolute Gasteiger partial charge is 0.697 e. The molecule has 0 aliphatic carbocycles. The van der Waals surface area contributed by atoms with E-state index in [0.29, 0.717) is 32.3 Å². The van der Waals surface area contributed by atoms with Crippen molar-refractivity contribution in [2.75, 3.05) is 13.2 Å². The zero-order valence-corrected chi connectivity index (χ0v) is 10.3. The van der Waals surface area contributed by atoms with E-state index in [0.717, 1.165) is 0 Å². The molecule has 0 saturated carbocycles. The molecule has 0 aromatic rings. The summed E-state index contributed by atoms with van der Waals surface area (Å²) < 4.78 is 20.6. The molecule has 0 saturated heterocycles. The molecule has 0 bridgehead atoms. The number of hydrogen-bond acceptors (Lipinski definition) is 5. The molecule has 0 heterocycles. The van der Waals surface area contributed by atoms with Crippen molar-refractivity contribution in [3.05, 3.63) is 0 Å². The van der Waals surface area contributed by atoms with Crippen molar-refractivity contribution < 1.29 is 13.6 Å². The molecule has 16 heavy (non-hydrogen) atoms. The smallest absolute Gasteiger partial charge is 0.198 e. The Bertz CT molecular complexity index is 283. The third kappa shape index (κ3) is 8.32. The first-order valence-corrected chi connectivity index (χ1v) is 6.33. The van der Waals surface area contributed by atoms with Crippen molar-refractivity contribution in [2.45, 2.75) is 32.6 Å². The first-order valence-electron chi connectivity index (χ1n) is 5.24. The lowest BCUT2D eigenvalue weighted by atomic mass is 10.0. The lowest BCUT2D eigenvalue weighted by Crippen LogP contribution is -2.01. The topological polar surface area (TPSA) is 83.1 Å². The molecule has 5 nitrogen and oxygen atoms in total. The van der Waals surface area contributed by atoms with Crippen LogP contribution in [-0.2, 0) is 13.6 Å². The Morgan fingerprint density at radius 1 is 1.31 bits per heavy atom. The monoisotopic (exact) mass is 243 g/mol. The minimum absolute atomic E-state index is 0.140. The van der Waals surface area contributed by atoms with Crippen molar-refractivity contribution in [2.24, 2.45) is 5.92 Å². The summed E-state index contributed by atoms with van der Waals surface area (Å²) in [6.07, 6.45) is 2.38. The van der Waals surface area contributed by atoms with Gasteiger partial charge in [-0.25, -0.2) is 0 Å². The summed E-state index contributed by atoms with van der Waals surface area (Å²) in [5.74, 6) is -0.140. The van der Waals surface area contributed by atoms with E-state index >= 15 is 0 Å². The van der Waals surface area contributed by atoms with E-state index < -0.39 is 8.25 Å². The lowest BCUT2D eigenvalue weighted by molar-refractivity contribution is 0.223. The van der Waals surface area contributed by atoms with E-state index in [4.69, 9.17) is 19.6 Å². The Balaban J connectivity index is 3.60. The van der Waals surface area contributed by atoms with Crippen LogP contribution in [0.4, 0.5) is 0 Å². The molecule has 0 amide bonds. The van der Waals surface area contributed by atoms with E-state index in [9.17, 15) is 4.57 Å². The van der Waals surface area contributed by atoms with E-state index in [1.165, 1.54) is 0 Å². The predicted octanol–water partition coefficient (Wildman–Crippen LogP) is 2.92. The van der Waals surface area contributed by atoms with Crippen molar-refractivity contribution in [3.63, 3.8) is 0 Å². The first kappa shape index (κ1) is 15.0. The number of nitrogens with zero attached hydrogens (tertiary/aromatic N) is 2. The average molecular weight is 243 g/mol. The minimum atomic E-state index is -2.04. The highest BCUT2D eigenvalue weighted by molar-refractivity contribution is 7.33. The van der Waals surface area contributed by atoms with Gasteiger partial charge in [-0.1, -0.05) is 0 Å². The normalized spacial score (nSPS) is 12.6. The summed E-state index contributed by atoms with van der Waals surface area (Å²) in [4.78, 5) is 0. The highest BCUT2D eigenvalue weighted by Gasteiger charge is 2.19. The second-order valence-electron chi connectivity index (χ2n) is 3.14. The molecule has 2 atom stereocenters. The third-order valence-electron chi connectivity index (χ3n) is 1.92. The van der Waals surface area contributed by atoms with Gasteiger partial charge in [-0.2, -0.15) is 10.5 Å². The maximum Gasteiger partial charge on any atom is 0.697 e. The highest BCUT2D eigenvalue weighted by Crippen LogP contribution is 2.24. The van der Waals surface area contributed by atoms with Crippen LogP contribution in [0.25, 0.3) is 0 Å². The van der Waals surface area contributed by atoms with Crippen molar-refractivity contribution in [1.29, 1.82) is 10.5 Å². The van der Waals surface area contributed by atoms with Gasteiger partial charge in [0.2, 0.25) is 0 Å². The summed E-state index contributed by atoms with van der Waals surface area (Å²) >= 11 is 0. The van der Waals surface area contributed by atoms with E-state index in [-0.39, 0.29) is 12.5 Å². The lowest BCUT2D eigenvalue weighted by Gasteiger charge is -2.03. The maximum absolute atomic E-state index is 11.0. The van der Waals surface area contributed by atoms with Crippen LogP contribution in [0.3, 0.4) is 0 Å². The van der Waals surface area contributed by atoms with Gasteiger partial charge in [0.1, 0.15) is 13.2 Å². The van der Waals surface area contributed by atoms with Gasteiger partial charge < -0.3 is 0 Å². The third-order valence-corrected chi connectivity index (χ3v) is 2.78. The van der Waals surface area contributed by atoms with Crippen molar-refractivity contribution in [3.8, 4) is 12.1 Å². The average Bonchev–Trinajstić information content (AvgIpc) is 2.27. The molecule has 2 unspecified atom stereocenters. The Labute approximate surface area is 96.9 Å². The van der Waals surface area contributed by atoms with Crippen LogP contribution in [0.1, 0.15) is 32.6 Å². The molecule has 88 valence electrons. The van der Waals surface area contributed by atoms with Gasteiger partial charge in [0, 0.05) is 16.9 Å². The predicted molar refractivity (Wildman–Crippen MR) is 58.4 cm³/mol. The van der Waals surface area contributed by atoms with Crippen LogP contribution in [-0.4, -0.2) is 13.2 Å². The molecule has 0 aromatic carbocycles. The van der Waals surface area contributed by atoms with Crippen LogP contribution >= 0.6 is 8.25 Å². The van der Waals surface area contributed by atoms with Crippen LogP contribution in [0.5, 0.6) is 0 Å². The molecule has 0 rings (SSSR count). The number of hydrogen-bond donors (Lipinski definition) is 0. The van der Waals surface area contributed by atoms with Crippen LogP contribution in [0.15, 0.2) is 0 Å². The SMILES string of the molecule is CCO[P+](=O)OCCC(C#N)CCCC#N. The van der Waals surface area contributed by atoms with Crippen LogP contribution in [0.2, 0.25) is 0 Å². The second kappa shape index (κ2) is 10.5. The second-order valence-corrected chi connectivity index (χ2v) is 4.10. The summed E-state index contributed by atoms with van der Waals surface area (Å²) in [6, 6.07) is 4.17. The van der Waals surface area contributed by atoms with E-state index in [1.807, 2.05) is 6.07 Å². The molecule has 0 spiro atoms. The fourth-order valence-electron chi connectivity index (χ4n) is 1.11. The zero-order chi connectivity index (χ0) is 12.2. The van der Waals surface area contributed by atoms with Gasteiger partial charge >= 0.3 is 8.25 Å². The molecular weight excluding hydrogens is 227 g/mol. The van der Waals surface area contributed by atoms with Crippen molar-refractivity contribution in [1.82, 2.24) is 0 Å². The quantitative estimate of drug-likeness (QED) is 0.459. The van der Waals surface area contributed by atoms with Gasteiger partial charge in [-0.3, -0.25) is 0 Å². The van der Waals surface area contributed by atoms with Crippen molar-refractivity contribution >= 4 is 8.25 Å². The number of nitriles is 2. The van der Waals surface area contributed by atoms with Gasteiger partial charge in [-0.15, -0.1) is 9.05 Å². The van der Waals surface area contributed by atoms with Gasteiger partial charge in [0.15, 0.2) is 0 Å². The standard InChI is InChI=1S/C10H16N2O3P/c1-2-14-16(13)15-8-6-10(9-12)5-3-4-7-11/h10H,2-6,8H2,1H3/q+1. The Morgan fingerprint density at radius 3 is 2.62 bits per heavy atom. The summed E-state index contributed by atoms with van der Waals surface area (Å²) in [6.45, 7) is 2.33. The minimum Gasteiger partial charge on any atom is -0.198 e. The summed E-state index contributed by atoms with van der Waals surface area (Å²) in [7, 11) is -2.04. The molecule has 6 heteroatoms. The van der Waals surface area contributed by atoms with Gasteiger partial charge in [0.05, 0.1) is 12.1 Å². The fourth-order valence-corrected chi connectivity index (χ4v) is 1.65. The Hall–Kier alpha value is -1.00. The Kier molecular flexibility index (Phi) is 9.86. The van der Waals surface area contributed by atoms with E-state index in [1.54, 1.807) is 6.92 Å². The molecule has 0 aliphatic rings. The van der Waals surface area contributed by atoms with Gasteiger partial charge in [0.25, 0.3) is 0 Å². The molecule has 0 N–H and O–H groups in total.